The van der Waals surface area contributed by atoms with Gasteiger partial charge in [-0.15, -0.1) is 0 Å². The monoisotopic (exact) mass is 296 g/mol. The molecule has 0 unspecified atom stereocenters. The molecule has 3 heteroatoms. The summed E-state index contributed by atoms with van der Waals surface area (Å²) in [5.41, 5.74) is 3.47. The van der Waals surface area contributed by atoms with Gasteiger partial charge in [0, 0.05) is 23.1 Å². The molecule has 1 aliphatic carbocycles. The number of para-hydroxylation sites is 1. The fourth-order valence-corrected chi connectivity index (χ4v) is 5.43. The van der Waals surface area contributed by atoms with E-state index in [1.165, 1.54) is 47.8 Å². The van der Waals surface area contributed by atoms with Crippen LogP contribution in [0.3, 0.4) is 0 Å². The van der Waals surface area contributed by atoms with E-state index in [4.69, 9.17) is 0 Å². The summed E-state index contributed by atoms with van der Waals surface area (Å²) in [5.74, 6) is 0.486. The Morgan fingerprint density at radius 2 is 2.05 bits per heavy atom. The summed E-state index contributed by atoms with van der Waals surface area (Å²) in [6, 6.07) is 8.81. The number of rotatable bonds is 0. The third kappa shape index (κ3) is 1.64. The van der Waals surface area contributed by atoms with Gasteiger partial charge < -0.3 is 10.1 Å². The summed E-state index contributed by atoms with van der Waals surface area (Å²) in [7, 11) is 0. The summed E-state index contributed by atoms with van der Waals surface area (Å²) < 4.78 is 0. The number of nitrogens with one attached hydrogen (secondary N) is 1. The minimum Gasteiger partial charge on any atom is -0.388 e. The van der Waals surface area contributed by atoms with Crippen LogP contribution in [0.1, 0.15) is 49.4 Å². The third-order valence-corrected chi connectivity index (χ3v) is 6.46. The largest absolute Gasteiger partial charge is 0.388 e. The highest BCUT2D eigenvalue weighted by Gasteiger charge is 2.53. The first-order valence-corrected chi connectivity index (χ1v) is 8.83. The number of benzene rings is 1. The molecule has 1 aromatic carbocycles. The second kappa shape index (κ2) is 4.59. The first-order chi connectivity index (χ1) is 10.8. The van der Waals surface area contributed by atoms with E-state index >= 15 is 0 Å². The molecule has 2 aliphatic heterocycles. The van der Waals surface area contributed by atoms with E-state index in [9.17, 15) is 5.11 Å². The van der Waals surface area contributed by atoms with Crippen LogP contribution in [0, 0.1) is 5.92 Å². The van der Waals surface area contributed by atoms with Gasteiger partial charge in [-0.25, -0.2) is 0 Å². The molecule has 3 aliphatic rings. The van der Waals surface area contributed by atoms with E-state index in [1.54, 1.807) is 0 Å². The van der Waals surface area contributed by atoms with Gasteiger partial charge in [0.1, 0.15) is 0 Å². The van der Waals surface area contributed by atoms with Crippen LogP contribution in [0.15, 0.2) is 24.3 Å². The smallest absolute Gasteiger partial charge is 0.0886 e. The minimum absolute atomic E-state index is 0.183. The van der Waals surface area contributed by atoms with E-state index in [1.807, 2.05) is 0 Å². The molecule has 1 aromatic heterocycles. The predicted molar refractivity (Wildman–Crippen MR) is 87.8 cm³/mol. The number of aliphatic hydroxyl groups is 1. The highest BCUT2D eigenvalue weighted by molar-refractivity contribution is 5.85. The molecule has 0 radical (unpaired) electrons. The molecule has 2 aromatic rings. The standard InChI is InChI=1S/C19H24N2O/c22-19-10-4-3-5-13(19)8-11-21-12-9-15-14-6-1-2-7-16(14)20-17(15)18(19)21/h1-2,6-7,13,18,20,22H,3-5,8-12H2/t13-,18-,19+/m0/s1. The quantitative estimate of drug-likeness (QED) is 0.782. The van der Waals surface area contributed by atoms with E-state index in [0.717, 1.165) is 25.9 Å². The normalized spacial score (nSPS) is 35.0. The van der Waals surface area contributed by atoms with Crippen molar-refractivity contribution in [2.75, 3.05) is 13.1 Å². The van der Waals surface area contributed by atoms with E-state index in [-0.39, 0.29) is 6.04 Å². The highest BCUT2D eigenvalue weighted by atomic mass is 16.3. The summed E-state index contributed by atoms with van der Waals surface area (Å²) in [4.78, 5) is 6.21. The second-order valence-corrected chi connectivity index (χ2v) is 7.47. The van der Waals surface area contributed by atoms with Crippen molar-refractivity contribution in [2.45, 2.75) is 50.2 Å². The highest BCUT2D eigenvalue weighted by Crippen LogP contribution is 2.52. The van der Waals surface area contributed by atoms with Crippen molar-refractivity contribution in [3.63, 3.8) is 0 Å². The van der Waals surface area contributed by atoms with Crippen LogP contribution in [-0.4, -0.2) is 33.7 Å². The third-order valence-electron chi connectivity index (χ3n) is 6.46. The lowest BCUT2D eigenvalue weighted by atomic mass is 9.65. The molecule has 0 bridgehead atoms. The zero-order chi connectivity index (χ0) is 14.7. The number of aromatic nitrogens is 1. The second-order valence-electron chi connectivity index (χ2n) is 7.47. The molecule has 22 heavy (non-hydrogen) atoms. The van der Waals surface area contributed by atoms with E-state index in [0.29, 0.717) is 5.92 Å². The number of piperidine rings is 1. The van der Waals surface area contributed by atoms with Crippen LogP contribution in [0.4, 0.5) is 0 Å². The number of nitrogens with zero attached hydrogens (tertiary/aromatic N) is 1. The molecule has 3 heterocycles. The average Bonchev–Trinajstić information content (AvgIpc) is 2.92. The molecule has 5 rings (SSSR count). The van der Waals surface area contributed by atoms with Gasteiger partial charge >= 0.3 is 0 Å². The van der Waals surface area contributed by atoms with Crippen LogP contribution in [-0.2, 0) is 6.42 Å². The van der Waals surface area contributed by atoms with Crippen molar-refractivity contribution < 1.29 is 5.11 Å². The van der Waals surface area contributed by atoms with Crippen LogP contribution in [0.25, 0.3) is 10.9 Å². The minimum atomic E-state index is -0.521. The summed E-state index contributed by atoms with van der Waals surface area (Å²) in [6.45, 7) is 2.24. The van der Waals surface area contributed by atoms with Gasteiger partial charge in [0.15, 0.2) is 0 Å². The molecule has 1 saturated heterocycles. The van der Waals surface area contributed by atoms with Gasteiger partial charge in [0.25, 0.3) is 0 Å². The number of aromatic amines is 1. The number of hydrogen-bond donors (Lipinski definition) is 2. The van der Waals surface area contributed by atoms with Crippen LogP contribution >= 0.6 is 0 Å². The van der Waals surface area contributed by atoms with Crippen molar-refractivity contribution in [3.05, 3.63) is 35.5 Å². The summed E-state index contributed by atoms with van der Waals surface area (Å²) in [5, 5.41) is 13.0. The van der Waals surface area contributed by atoms with Crippen molar-refractivity contribution in [2.24, 2.45) is 5.92 Å². The molecule has 2 N–H and O–H groups in total. The first kappa shape index (κ1) is 13.1. The molecule has 0 spiro atoms. The van der Waals surface area contributed by atoms with Gasteiger partial charge in [-0.05, 0) is 49.8 Å². The average molecular weight is 296 g/mol. The fourth-order valence-electron chi connectivity index (χ4n) is 5.43. The topological polar surface area (TPSA) is 39.3 Å². The van der Waals surface area contributed by atoms with Crippen molar-refractivity contribution in [3.8, 4) is 0 Å². The lowest BCUT2D eigenvalue weighted by Crippen LogP contribution is -2.59. The van der Waals surface area contributed by atoms with Crippen LogP contribution in [0.2, 0.25) is 0 Å². The van der Waals surface area contributed by atoms with Crippen LogP contribution in [0.5, 0.6) is 0 Å². The Hall–Kier alpha value is -1.32. The predicted octanol–water partition coefficient (Wildman–Crippen LogP) is 3.39. The van der Waals surface area contributed by atoms with E-state index in [2.05, 4.69) is 34.1 Å². The van der Waals surface area contributed by atoms with Gasteiger partial charge in [-0.3, -0.25) is 4.90 Å². The van der Waals surface area contributed by atoms with Gasteiger partial charge in [0.2, 0.25) is 0 Å². The van der Waals surface area contributed by atoms with Crippen molar-refractivity contribution in [1.82, 2.24) is 9.88 Å². The lowest BCUT2D eigenvalue weighted by Gasteiger charge is -2.55. The van der Waals surface area contributed by atoms with E-state index < -0.39 is 5.60 Å². The Morgan fingerprint density at radius 1 is 1.14 bits per heavy atom. The Kier molecular flexibility index (Phi) is 2.74. The Labute approximate surface area is 131 Å². The molecular weight excluding hydrogens is 272 g/mol. The number of hydrogen-bond acceptors (Lipinski definition) is 2. The zero-order valence-corrected chi connectivity index (χ0v) is 13.0. The molecule has 2 fully saturated rings. The molecule has 0 amide bonds. The molecule has 3 nitrogen and oxygen atoms in total. The number of H-pyrrole nitrogens is 1. The molecular formula is C19H24N2O. The Balaban J connectivity index is 1.69. The maximum atomic E-state index is 11.6. The van der Waals surface area contributed by atoms with Crippen molar-refractivity contribution in [1.29, 1.82) is 0 Å². The summed E-state index contributed by atoms with van der Waals surface area (Å²) >= 11 is 0. The zero-order valence-electron chi connectivity index (χ0n) is 13.0. The van der Waals surface area contributed by atoms with Gasteiger partial charge in [-0.1, -0.05) is 31.0 Å². The Bertz CT molecular complexity index is 721. The SMILES string of the molecule is O[C@]12CCCC[C@H]1CCN1CCc3c([nH]c4ccccc34)[C@H]12. The molecule has 116 valence electrons. The maximum Gasteiger partial charge on any atom is 0.0886 e. The lowest BCUT2D eigenvalue weighted by molar-refractivity contribution is -0.147. The van der Waals surface area contributed by atoms with Crippen molar-refractivity contribution >= 4 is 10.9 Å². The van der Waals surface area contributed by atoms with Gasteiger partial charge in [-0.2, -0.15) is 0 Å². The molecule has 3 atom stereocenters. The maximum absolute atomic E-state index is 11.6. The fraction of sp³-hybridized carbons (Fsp3) is 0.579. The number of fused-ring (bicyclic) bond motifs is 7. The molecule has 1 saturated carbocycles. The van der Waals surface area contributed by atoms with Crippen LogP contribution < -0.4 is 0 Å². The van der Waals surface area contributed by atoms with Gasteiger partial charge in [0.05, 0.1) is 11.6 Å². The summed E-state index contributed by atoms with van der Waals surface area (Å²) in [6.07, 6.45) is 6.91. The Morgan fingerprint density at radius 3 is 3.00 bits per heavy atom. The first-order valence-electron chi connectivity index (χ1n) is 8.83.